The van der Waals surface area contributed by atoms with Crippen LogP contribution >= 0.6 is 0 Å². The Hall–Kier alpha value is -1.26. The lowest BCUT2D eigenvalue weighted by atomic mass is 9.90. The first-order valence-electron chi connectivity index (χ1n) is 4.90. The van der Waals surface area contributed by atoms with E-state index in [2.05, 4.69) is 4.98 Å². The summed E-state index contributed by atoms with van der Waals surface area (Å²) in [5, 5.41) is 0. The zero-order chi connectivity index (χ0) is 10.9. The van der Waals surface area contributed by atoms with Crippen molar-refractivity contribution in [3.63, 3.8) is 0 Å². The van der Waals surface area contributed by atoms with Crippen molar-refractivity contribution in [3.05, 3.63) is 35.6 Å². The summed E-state index contributed by atoms with van der Waals surface area (Å²) in [4.78, 5) is 4.14. The number of aromatic nitrogens is 1. The van der Waals surface area contributed by atoms with Crippen molar-refractivity contribution >= 4 is 13.1 Å². The molecular formula is C10H10BF3N-. The fourth-order valence-corrected chi connectivity index (χ4v) is 1.39. The molecule has 0 saturated heterocycles. The molecule has 80 valence electrons. The van der Waals surface area contributed by atoms with Crippen molar-refractivity contribution in [2.24, 2.45) is 0 Å². The van der Waals surface area contributed by atoms with Crippen LogP contribution in [0.25, 0.3) is 6.08 Å². The van der Waals surface area contributed by atoms with Gasteiger partial charge >= 0.3 is 6.98 Å². The zero-order valence-corrected chi connectivity index (χ0v) is 8.04. The number of rotatable bonds is 3. The van der Waals surface area contributed by atoms with Crippen LogP contribution in [0.15, 0.2) is 24.3 Å². The van der Waals surface area contributed by atoms with Gasteiger partial charge in [-0.2, -0.15) is 0 Å². The van der Waals surface area contributed by atoms with Crippen LogP contribution in [0.2, 0.25) is 0 Å². The lowest BCUT2D eigenvalue weighted by Crippen LogP contribution is -2.09. The van der Waals surface area contributed by atoms with E-state index < -0.39 is 6.98 Å². The molecule has 0 radical (unpaired) electrons. The molecule has 0 N–H and O–H groups in total. The maximum absolute atomic E-state index is 12.0. The highest BCUT2D eigenvalue weighted by Crippen LogP contribution is 2.39. The average Bonchev–Trinajstić information content (AvgIpc) is 2.97. The number of halogens is 3. The molecule has 0 bridgehead atoms. The molecule has 1 aliphatic rings. The minimum Gasteiger partial charge on any atom is -0.445 e. The Morgan fingerprint density at radius 2 is 2.07 bits per heavy atom. The van der Waals surface area contributed by atoms with E-state index in [0.29, 0.717) is 17.5 Å². The van der Waals surface area contributed by atoms with Crippen LogP contribution in [0.4, 0.5) is 12.9 Å². The van der Waals surface area contributed by atoms with Gasteiger partial charge in [0.1, 0.15) is 0 Å². The highest BCUT2D eigenvalue weighted by Gasteiger charge is 2.24. The van der Waals surface area contributed by atoms with E-state index in [1.807, 2.05) is 0 Å². The highest BCUT2D eigenvalue weighted by molar-refractivity contribution is 6.64. The van der Waals surface area contributed by atoms with Gasteiger partial charge in [0.15, 0.2) is 0 Å². The second kappa shape index (κ2) is 3.72. The first-order valence-corrected chi connectivity index (χ1v) is 4.90. The van der Waals surface area contributed by atoms with Crippen molar-refractivity contribution in [1.82, 2.24) is 4.98 Å². The molecule has 5 heteroatoms. The Bertz CT molecular complexity index is 382. The van der Waals surface area contributed by atoms with E-state index in [1.54, 1.807) is 18.3 Å². The van der Waals surface area contributed by atoms with Crippen molar-refractivity contribution in [2.75, 3.05) is 0 Å². The fraction of sp³-hybridized carbons (Fsp3) is 0.300. The van der Waals surface area contributed by atoms with Crippen LogP contribution in [0.5, 0.6) is 0 Å². The molecule has 2 rings (SSSR count). The Labute approximate surface area is 86.1 Å². The van der Waals surface area contributed by atoms with E-state index in [9.17, 15) is 12.9 Å². The van der Waals surface area contributed by atoms with Gasteiger partial charge in [0.2, 0.25) is 0 Å². The maximum atomic E-state index is 12.0. The van der Waals surface area contributed by atoms with Crippen molar-refractivity contribution < 1.29 is 12.9 Å². The lowest BCUT2D eigenvalue weighted by Gasteiger charge is -2.06. The molecular weight excluding hydrogens is 202 g/mol. The Kier molecular flexibility index (Phi) is 2.55. The Balaban J connectivity index is 2.14. The van der Waals surface area contributed by atoms with Crippen molar-refractivity contribution in [1.29, 1.82) is 0 Å². The van der Waals surface area contributed by atoms with Crippen LogP contribution in [-0.2, 0) is 0 Å². The van der Waals surface area contributed by atoms with Gasteiger partial charge < -0.3 is 12.9 Å². The van der Waals surface area contributed by atoms with E-state index in [-0.39, 0.29) is 0 Å². The van der Waals surface area contributed by atoms with Gasteiger partial charge in [-0.15, -0.1) is 5.98 Å². The number of nitrogens with zero attached hydrogens (tertiary/aromatic N) is 1. The van der Waals surface area contributed by atoms with Gasteiger partial charge in [-0.1, -0.05) is 6.08 Å². The van der Waals surface area contributed by atoms with Gasteiger partial charge in [-0.05, 0) is 30.5 Å². The van der Waals surface area contributed by atoms with Crippen molar-refractivity contribution in [3.8, 4) is 0 Å². The largest absolute Gasteiger partial charge is 0.502 e. The van der Waals surface area contributed by atoms with Crippen LogP contribution in [0.3, 0.4) is 0 Å². The summed E-state index contributed by atoms with van der Waals surface area (Å²) in [5.41, 5.74) is 1.48. The summed E-state index contributed by atoms with van der Waals surface area (Å²) in [6.07, 6.45) is 4.87. The molecule has 0 atom stereocenters. The molecule has 1 nitrogen and oxygen atoms in total. The standard InChI is InChI=1S/C10H10BF3N/c12-11(13,14)5-3-8-4-6-15-10(7-8)9-1-2-9/h3-7,9H,1-2H2/q-1/b5-3+. The summed E-state index contributed by atoms with van der Waals surface area (Å²) in [5.74, 6) is 0.779. The molecule has 1 aliphatic carbocycles. The molecule has 0 aromatic carbocycles. The topological polar surface area (TPSA) is 12.9 Å². The monoisotopic (exact) mass is 212 g/mol. The minimum absolute atomic E-state index is 0.312. The summed E-state index contributed by atoms with van der Waals surface area (Å²) in [6.45, 7) is -4.84. The predicted octanol–water partition coefficient (Wildman–Crippen LogP) is 3.36. The third kappa shape index (κ3) is 3.11. The normalized spacial score (nSPS) is 17.3. The number of hydrogen-bond donors (Lipinski definition) is 0. The second-order valence-corrected chi connectivity index (χ2v) is 3.77. The first kappa shape index (κ1) is 10.3. The molecule has 1 aromatic heterocycles. The lowest BCUT2D eigenvalue weighted by molar-refractivity contribution is 0.499. The molecule has 0 amide bonds. The molecule has 1 saturated carbocycles. The zero-order valence-electron chi connectivity index (χ0n) is 8.04. The minimum atomic E-state index is -4.84. The summed E-state index contributed by atoms with van der Waals surface area (Å²) in [6, 6.07) is 3.32. The van der Waals surface area contributed by atoms with Gasteiger partial charge in [-0.25, -0.2) is 0 Å². The third-order valence-electron chi connectivity index (χ3n) is 2.31. The molecule has 1 fully saturated rings. The number of hydrogen-bond acceptors (Lipinski definition) is 1. The average molecular weight is 212 g/mol. The third-order valence-corrected chi connectivity index (χ3v) is 2.31. The highest BCUT2D eigenvalue weighted by atomic mass is 19.4. The Morgan fingerprint density at radius 3 is 2.67 bits per heavy atom. The van der Waals surface area contributed by atoms with E-state index in [4.69, 9.17) is 0 Å². The second-order valence-electron chi connectivity index (χ2n) is 3.77. The van der Waals surface area contributed by atoms with Gasteiger partial charge in [0, 0.05) is 17.8 Å². The van der Waals surface area contributed by atoms with Crippen molar-refractivity contribution in [2.45, 2.75) is 18.8 Å². The molecule has 1 aromatic rings. The summed E-state index contributed by atoms with van der Waals surface area (Å²) >= 11 is 0. The van der Waals surface area contributed by atoms with E-state index in [0.717, 1.165) is 24.6 Å². The van der Waals surface area contributed by atoms with E-state index >= 15 is 0 Å². The van der Waals surface area contributed by atoms with Gasteiger partial charge in [-0.3, -0.25) is 4.98 Å². The van der Waals surface area contributed by atoms with Crippen LogP contribution in [0, 0.1) is 0 Å². The smallest absolute Gasteiger partial charge is 0.445 e. The molecule has 0 unspecified atom stereocenters. The molecule has 15 heavy (non-hydrogen) atoms. The quantitative estimate of drug-likeness (QED) is 0.700. The van der Waals surface area contributed by atoms with Crippen LogP contribution in [0.1, 0.15) is 30.0 Å². The first-order chi connectivity index (χ1) is 7.04. The number of pyridine rings is 1. The van der Waals surface area contributed by atoms with Crippen LogP contribution in [-0.4, -0.2) is 12.0 Å². The van der Waals surface area contributed by atoms with Gasteiger partial charge in [0.05, 0.1) is 0 Å². The fourth-order valence-electron chi connectivity index (χ4n) is 1.39. The van der Waals surface area contributed by atoms with Gasteiger partial charge in [0.25, 0.3) is 0 Å². The maximum Gasteiger partial charge on any atom is 0.502 e. The van der Waals surface area contributed by atoms with Crippen LogP contribution < -0.4 is 0 Å². The molecule has 1 heterocycles. The predicted molar refractivity (Wildman–Crippen MR) is 54.3 cm³/mol. The molecule has 0 spiro atoms. The molecule has 0 aliphatic heterocycles. The van der Waals surface area contributed by atoms with E-state index in [1.165, 1.54) is 0 Å². The Morgan fingerprint density at radius 1 is 1.33 bits per heavy atom. The SMILES string of the molecule is F[B-](F)(F)/C=C/c1ccnc(C2CC2)c1. The summed E-state index contributed by atoms with van der Waals surface area (Å²) in [7, 11) is 0. The summed E-state index contributed by atoms with van der Waals surface area (Å²) < 4.78 is 35.9.